The number of aromatic nitrogens is 1. The molecule has 0 unspecified atom stereocenters. The number of benzene rings is 1. The van der Waals surface area contributed by atoms with Crippen LogP contribution < -0.4 is 29.6 Å². The van der Waals surface area contributed by atoms with Crippen molar-refractivity contribution in [3.8, 4) is 17.4 Å². The summed E-state index contributed by atoms with van der Waals surface area (Å²) < 4.78 is 50.3. The monoisotopic (exact) mass is 833 g/mol. The molecule has 15 nitrogen and oxygen atoms in total. The van der Waals surface area contributed by atoms with E-state index in [9.17, 15) is 27.6 Å². The summed E-state index contributed by atoms with van der Waals surface area (Å²) in [6.45, 7) is 2.20. The van der Waals surface area contributed by atoms with Gasteiger partial charge in [0, 0.05) is 36.3 Å². The zero-order valence-electron chi connectivity index (χ0n) is 30.7. The second kappa shape index (κ2) is 16.7. The molecule has 0 spiro atoms. The topological polar surface area (TPSA) is 192 Å². The molecule has 3 fully saturated rings. The second-order valence-corrected chi connectivity index (χ2v) is 17.0. The van der Waals surface area contributed by atoms with E-state index in [1.165, 1.54) is 4.90 Å². The number of hydrogen-bond donors (Lipinski definition) is 3. The Morgan fingerprint density at radius 2 is 1.85 bits per heavy atom. The number of rotatable bonds is 9. The number of nitrogens with one attached hydrogen (secondary N) is 3. The first-order valence-corrected chi connectivity index (χ1v) is 21.2. The molecule has 294 valence electrons. The van der Waals surface area contributed by atoms with Crippen molar-refractivity contribution in [3.05, 3.63) is 34.8 Å². The van der Waals surface area contributed by atoms with Crippen LogP contribution in [-0.4, -0.2) is 98.5 Å². The van der Waals surface area contributed by atoms with E-state index < -0.39 is 57.6 Å². The predicted molar refractivity (Wildman–Crippen MR) is 202 cm³/mol. The summed E-state index contributed by atoms with van der Waals surface area (Å²) in [7, 11) is -2.38. The van der Waals surface area contributed by atoms with Crippen LogP contribution in [0.4, 0.5) is 4.79 Å². The minimum Gasteiger partial charge on any atom is -0.495 e. The number of ether oxygens (including phenoxy) is 4. The molecule has 2 aliphatic carbocycles. The highest BCUT2D eigenvalue weighted by molar-refractivity contribution is 9.10. The van der Waals surface area contributed by atoms with Gasteiger partial charge in [0.1, 0.15) is 35.3 Å². The van der Waals surface area contributed by atoms with E-state index in [1.54, 1.807) is 25.3 Å². The molecule has 17 heteroatoms. The Bertz CT molecular complexity index is 1900. The summed E-state index contributed by atoms with van der Waals surface area (Å²) >= 11 is 3.57. The number of alkyl carbamates (subject to hydrolysis) is 1. The zero-order valence-corrected chi connectivity index (χ0v) is 33.1. The third-order valence-electron chi connectivity index (χ3n) is 10.4. The van der Waals surface area contributed by atoms with Crippen molar-refractivity contribution >= 4 is 60.7 Å². The molecule has 54 heavy (non-hydrogen) atoms. The lowest BCUT2D eigenvalue weighted by Crippen LogP contribution is -2.56. The number of allylic oxidation sites excluding steroid dienone is 1. The Hall–Kier alpha value is -4.12. The molecule has 4 aliphatic rings. The number of sulfonamides is 1. The highest BCUT2D eigenvalue weighted by Crippen LogP contribution is 2.46. The Labute approximate surface area is 323 Å². The van der Waals surface area contributed by atoms with Crippen molar-refractivity contribution in [2.45, 2.75) is 107 Å². The number of hydrogen-bond acceptors (Lipinski definition) is 11. The van der Waals surface area contributed by atoms with Crippen molar-refractivity contribution in [2.24, 2.45) is 5.92 Å². The first kappa shape index (κ1) is 39.6. The van der Waals surface area contributed by atoms with Crippen molar-refractivity contribution in [1.29, 1.82) is 0 Å². The van der Waals surface area contributed by atoms with Gasteiger partial charge in [-0.05, 0) is 86.4 Å². The van der Waals surface area contributed by atoms with Crippen molar-refractivity contribution in [1.82, 2.24) is 25.2 Å². The van der Waals surface area contributed by atoms with E-state index in [2.05, 4.69) is 31.5 Å². The molecule has 3 heterocycles. The van der Waals surface area contributed by atoms with Gasteiger partial charge in [0.15, 0.2) is 0 Å². The van der Waals surface area contributed by atoms with Gasteiger partial charge < -0.3 is 34.5 Å². The summed E-state index contributed by atoms with van der Waals surface area (Å²) in [5, 5.41) is 6.39. The van der Waals surface area contributed by atoms with Gasteiger partial charge in [-0.2, -0.15) is 0 Å². The highest BCUT2D eigenvalue weighted by Gasteiger charge is 2.61. The number of amides is 4. The lowest BCUT2D eigenvalue weighted by Gasteiger charge is -2.28. The van der Waals surface area contributed by atoms with Gasteiger partial charge >= 0.3 is 6.09 Å². The van der Waals surface area contributed by atoms with E-state index in [4.69, 9.17) is 18.9 Å². The molecule has 6 rings (SSSR count). The molecule has 0 bridgehead atoms. The second-order valence-electron chi connectivity index (χ2n) is 14.5. The van der Waals surface area contributed by atoms with Crippen molar-refractivity contribution < 1.29 is 46.5 Å². The smallest absolute Gasteiger partial charge is 0.407 e. The number of carbonyl (C=O) groups is 4. The van der Waals surface area contributed by atoms with Crippen LogP contribution in [0.5, 0.6) is 17.4 Å². The van der Waals surface area contributed by atoms with Crippen LogP contribution in [0, 0.1) is 5.92 Å². The van der Waals surface area contributed by atoms with Gasteiger partial charge in [-0.25, -0.2) is 18.2 Å². The SMILES string of the molecule is CCOc1cc(O[C@@H]2C[C@H]3C(=O)N[C@]4(C(=O)NS(C)(=O)=O)C[C@H]4/C=C\CCCC[C@H](NC(=O)OC4CCCC4)CC(=O)N3C2)c2ccc(OC)c(Br)c2n1. The van der Waals surface area contributed by atoms with Gasteiger partial charge in [-0.1, -0.05) is 18.6 Å². The Morgan fingerprint density at radius 3 is 2.57 bits per heavy atom. The van der Waals surface area contributed by atoms with Crippen LogP contribution in [0.1, 0.15) is 77.6 Å². The molecule has 3 N–H and O–H groups in total. The summed E-state index contributed by atoms with van der Waals surface area (Å²) in [5.41, 5.74) is -0.973. The maximum atomic E-state index is 14.3. The summed E-state index contributed by atoms with van der Waals surface area (Å²) in [5.74, 6) is -1.000. The van der Waals surface area contributed by atoms with Crippen LogP contribution in [0.25, 0.3) is 10.9 Å². The third-order valence-corrected chi connectivity index (χ3v) is 11.7. The standard InChI is InChI=1S/C37H48BrN5O10S/c1-4-51-30-19-29(26-15-16-28(50-2)32(38)33(26)40-30)52-25-18-27-34(45)41-37(35(46)42-54(3,48)49)20-22(37)11-7-5-6-8-12-23(17-31(44)43(27)21-25)39-36(47)53-24-13-9-10-14-24/h7,11,15-16,19,22-25,27H,4-6,8-10,12-14,17-18,20-21H2,1-3H3,(H,39,47)(H,41,45)(H,42,46)/b11-7-/t22-,23+,25-,27+,37-/m1/s1. The number of methoxy groups -OCH3 is 1. The normalized spacial score (nSPS) is 27.1. The van der Waals surface area contributed by atoms with Crippen molar-refractivity contribution in [2.75, 3.05) is 26.5 Å². The average molecular weight is 835 g/mol. The summed E-state index contributed by atoms with van der Waals surface area (Å²) in [4.78, 5) is 60.9. The van der Waals surface area contributed by atoms with E-state index in [0.29, 0.717) is 58.6 Å². The minimum absolute atomic E-state index is 0.0210. The molecule has 5 atom stereocenters. The van der Waals surface area contributed by atoms with E-state index >= 15 is 0 Å². The van der Waals surface area contributed by atoms with E-state index in [0.717, 1.165) is 38.4 Å². The Morgan fingerprint density at radius 1 is 1.09 bits per heavy atom. The van der Waals surface area contributed by atoms with Crippen molar-refractivity contribution in [3.63, 3.8) is 0 Å². The maximum absolute atomic E-state index is 14.3. The molecule has 1 saturated heterocycles. The molecule has 4 amide bonds. The lowest BCUT2D eigenvalue weighted by molar-refractivity contribution is -0.140. The fourth-order valence-corrected chi connectivity index (χ4v) is 8.73. The first-order chi connectivity index (χ1) is 25.8. The van der Waals surface area contributed by atoms with Gasteiger partial charge in [0.2, 0.25) is 27.7 Å². The van der Waals surface area contributed by atoms with Gasteiger partial charge in [0.05, 0.1) is 36.5 Å². The van der Waals surface area contributed by atoms with E-state index in [-0.39, 0.29) is 37.8 Å². The van der Waals surface area contributed by atoms with Crippen LogP contribution in [0.3, 0.4) is 0 Å². The molecule has 2 aliphatic heterocycles. The fraction of sp³-hybridized carbons (Fsp3) is 0.595. The summed E-state index contributed by atoms with van der Waals surface area (Å²) in [6.07, 6.45) is 9.64. The molecule has 2 saturated carbocycles. The highest BCUT2D eigenvalue weighted by atomic mass is 79.9. The largest absolute Gasteiger partial charge is 0.495 e. The molecular formula is C37H48BrN5O10S. The van der Waals surface area contributed by atoms with E-state index in [1.807, 2.05) is 23.8 Å². The van der Waals surface area contributed by atoms with Crippen LogP contribution >= 0.6 is 15.9 Å². The molecule has 1 aromatic carbocycles. The predicted octanol–water partition coefficient (Wildman–Crippen LogP) is 4.26. The number of halogens is 1. The molecule has 2 aromatic rings. The minimum atomic E-state index is -3.93. The maximum Gasteiger partial charge on any atom is 0.407 e. The third kappa shape index (κ3) is 9.21. The fourth-order valence-electron chi connectivity index (χ4n) is 7.62. The van der Waals surface area contributed by atoms with Gasteiger partial charge in [0.25, 0.3) is 5.91 Å². The Balaban J connectivity index is 1.30. The quantitative estimate of drug-likeness (QED) is 0.306. The number of nitrogens with zero attached hydrogens (tertiary/aromatic N) is 2. The Kier molecular flexibility index (Phi) is 12.2. The first-order valence-electron chi connectivity index (χ1n) is 18.5. The van der Waals surface area contributed by atoms with Crippen LogP contribution in [-0.2, 0) is 29.1 Å². The zero-order chi connectivity index (χ0) is 38.6. The summed E-state index contributed by atoms with van der Waals surface area (Å²) in [6, 6.07) is 3.61. The number of fused-ring (bicyclic) bond motifs is 3. The molecule has 0 radical (unpaired) electrons. The lowest BCUT2D eigenvalue weighted by atomic mass is 10.0. The number of pyridine rings is 1. The van der Waals surface area contributed by atoms with Gasteiger partial charge in [-0.15, -0.1) is 0 Å². The van der Waals surface area contributed by atoms with Crippen LogP contribution in [0.2, 0.25) is 0 Å². The average Bonchev–Trinajstić information content (AvgIpc) is 3.38. The van der Waals surface area contributed by atoms with Gasteiger partial charge in [-0.3, -0.25) is 19.1 Å². The number of carbonyl (C=O) groups excluding carboxylic acids is 4. The van der Waals surface area contributed by atoms with Crippen LogP contribution in [0.15, 0.2) is 34.8 Å². The molecular weight excluding hydrogens is 786 g/mol. The molecule has 1 aromatic heterocycles.